The molecule has 4 heterocycles. The van der Waals surface area contributed by atoms with Crippen molar-refractivity contribution in [2.24, 2.45) is 0 Å². The van der Waals surface area contributed by atoms with Gasteiger partial charge in [-0.15, -0.1) is 0 Å². The van der Waals surface area contributed by atoms with E-state index in [0.717, 1.165) is 15.3 Å². The highest BCUT2D eigenvalue weighted by molar-refractivity contribution is 6.35. The Morgan fingerprint density at radius 3 is 1.38 bits per heavy atom. The summed E-state index contributed by atoms with van der Waals surface area (Å²) >= 11 is 17.6. The van der Waals surface area contributed by atoms with Gasteiger partial charge in [0.15, 0.2) is 24.8 Å². The summed E-state index contributed by atoms with van der Waals surface area (Å²) in [7, 11) is 0. The van der Waals surface area contributed by atoms with Crippen LogP contribution in [0.2, 0.25) is 15.1 Å². The van der Waals surface area contributed by atoms with E-state index in [1.807, 2.05) is 63.6 Å². The molecule has 0 bridgehead atoms. The minimum atomic E-state index is 0.228. The summed E-state index contributed by atoms with van der Waals surface area (Å²) < 4.78 is 1.41. The summed E-state index contributed by atoms with van der Waals surface area (Å²) in [5, 5.41) is 23.0. The van der Waals surface area contributed by atoms with Gasteiger partial charge in [-0.25, -0.2) is 0 Å². The molecule has 6 nitrogen and oxygen atoms in total. The highest BCUT2D eigenvalue weighted by Gasteiger charge is 2.13. The number of nitrogens with zero attached hydrogens (tertiary/aromatic N) is 4. The Bertz CT molecular complexity index is 1300. The van der Waals surface area contributed by atoms with Gasteiger partial charge in [0.25, 0.3) is 0 Å². The van der Waals surface area contributed by atoms with Gasteiger partial charge in [-0.05, 0) is 65.0 Å². The van der Waals surface area contributed by atoms with Crippen LogP contribution in [0.25, 0.3) is 0 Å². The van der Waals surface area contributed by atoms with Gasteiger partial charge in [-0.3, -0.25) is 9.97 Å². The lowest BCUT2D eigenvalue weighted by atomic mass is 10.0. The van der Waals surface area contributed by atoms with E-state index < -0.39 is 0 Å². The summed E-state index contributed by atoms with van der Waals surface area (Å²) in [5.74, 6) is 1.82. The molecule has 0 saturated carbocycles. The third-order valence-electron chi connectivity index (χ3n) is 6.16. The van der Waals surface area contributed by atoms with E-state index in [4.69, 9.17) is 34.8 Å². The van der Waals surface area contributed by atoms with Crippen LogP contribution in [0.5, 0.6) is 0 Å². The normalized spacial score (nSPS) is 10.5. The lowest BCUT2D eigenvalue weighted by Gasteiger charge is -2.09. The largest absolute Gasteiger partial charge is 0.619 e. The average Bonchev–Trinajstić information content (AvgIpc) is 2.89. The van der Waals surface area contributed by atoms with Crippen molar-refractivity contribution < 1.29 is 9.46 Å². The summed E-state index contributed by atoms with van der Waals surface area (Å²) in [6, 6.07) is 7.78. The highest BCUT2D eigenvalue weighted by Crippen LogP contribution is 2.29. The number of rotatable bonds is 4. The van der Waals surface area contributed by atoms with Crippen molar-refractivity contribution in [3.05, 3.63) is 127 Å². The van der Waals surface area contributed by atoms with Crippen molar-refractivity contribution in [3.8, 4) is 0 Å². The Morgan fingerprint density at radius 1 is 0.571 bits per heavy atom. The fraction of sp³-hybridized carbons (Fsp3) is 0.394. The first-order valence-electron chi connectivity index (χ1n) is 13.9. The maximum Gasteiger partial charge on any atom is 0.199 e. The quantitative estimate of drug-likeness (QED) is 0.166. The lowest BCUT2D eigenvalue weighted by Crippen LogP contribution is -2.25. The zero-order chi connectivity index (χ0) is 32.0. The molecule has 4 rings (SSSR count). The molecule has 0 aromatic carbocycles. The van der Waals surface area contributed by atoms with E-state index in [0.29, 0.717) is 32.5 Å². The molecule has 9 heteroatoms. The fourth-order valence-corrected chi connectivity index (χ4v) is 5.20. The second kappa shape index (κ2) is 18.6. The maximum atomic E-state index is 10.8. The number of hydrogen-bond acceptors (Lipinski definition) is 4. The zero-order valence-electron chi connectivity index (χ0n) is 26.0. The van der Waals surface area contributed by atoms with E-state index in [-0.39, 0.29) is 5.92 Å². The van der Waals surface area contributed by atoms with E-state index in [1.165, 1.54) is 47.0 Å². The molecule has 228 valence electrons. The van der Waals surface area contributed by atoms with E-state index in [9.17, 15) is 10.4 Å². The molecule has 0 saturated heterocycles. The van der Waals surface area contributed by atoms with Crippen LogP contribution >= 0.6 is 34.8 Å². The first-order chi connectivity index (χ1) is 19.6. The molecular formula is C33H43Cl3N4O2. The third kappa shape index (κ3) is 12.9. The topological polar surface area (TPSA) is 79.7 Å². The first-order valence-corrected chi connectivity index (χ1v) is 15.0. The SMILES string of the molecule is CC(C)c1c(Cl)c[n+]([O-])cc1Cl.CC(C)c1cc[n+]([O-])cc1.CC(C)c1ccncc1.Cc1cncc(Cl)c1C(C)C. The van der Waals surface area contributed by atoms with Crippen molar-refractivity contribution in [2.45, 2.75) is 86.0 Å². The fourth-order valence-electron chi connectivity index (χ4n) is 3.90. The van der Waals surface area contributed by atoms with Crippen LogP contribution < -0.4 is 9.46 Å². The van der Waals surface area contributed by atoms with Gasteiger partial charge < -0.3 is 10.4 Å². The predicted molar refractivity (Wildman–Crippen MR) is 175 cm³/mol. The molecule has 0 aliphatic heterocycles. The molecule has 0 spiro atoms. The number of aromatic nitrogens is 4. The second-order valence-corrected chi connectivity index (χ2v) is 12.2. The molecule has 0 amide bonds. The first kappa shape index (κ1) is 37.1. The number of halogens is 3. The van der Waals surface area contributed by atoms with Crippen LogP contribution in [0, 0.1) is 17.3 Å². The Kier molecular flexibility index (Phi) is 16.4. The smallest absolute Gasteiger partial charge is 0.199 e. The van der Waals surface area contributed by atoms with Gasteiger partial charge in [0, 0.05) is 42.5 Å². The monoisotopic (exact) mass is 632 g/mol. The van der Waals surface area contributed by atoms with Crippen LogP contribution in [-0.4, -0.2) is 9.97 Å². The van der Waals surface area contributed by atoms with E-state index in [2.05, 4.69) is 51.5 Å². The van der Waals surface area contributed by atoms with Crippen LogP contribution in [0.4, 0.5) is 0 Å². The van der Waals surface area contributed by atoms with E-state index >= 15 is 0 Å². The maximum absolute atomic E-state index is 10.8. The Labute approximate surface area is 266 Å². The summed E-state index contributed by atoms with van der Waals surface area (Å²) in [6.45, 7) is 18.8. The minimum absolute atomic E-state index is 0.228. The van der Waals surface area contributed by atoms with Crippen molar-refractivity contribution in [3.63, 3.8) is 0 Å². The highest BCUT2D eigenvalue weighted by atomic mass is 35.5. The molecule has 0 radical (unpaired) electrons. The Morgan fingerprint density at radius 2 is 1.02 bits per heavy atom. The van der Waals surface area contributed by atoms with Gasteiger partial charge in [0.05, 0.1) is 5.02 Å². The minimum Gasteiger partial charge on any atom is -0.619 e. The zero-order valence-corrected chi connectivity index (χ0v) is 28.2. The van der Waals surface area contributed by atoms with Crippen LogP contribution in [-0.2, 0) is 0 Å². The molecule has 42 heavy (non-hydrogen) atoms. The van der Waals surface area contributed by atoms with Gasteiger partial charge >= 0.3 is 0 Å². The molecule has 0 aliphatic carbocycles. The Balaban J connectivity index is 0.000000281. The molecular weight excluding hydrogens is 591 g/mol. The van der Waals surface area contributed by atoms with Gasteiger partial charge in [0.1, 0.15) is 10.0 Å². The van der Waals surface area contributed by atoms with Gasteiger partial charge in [-0.2, -0.15) is 9.46 Å². The number of aryl methyl sites for hydroxylation is 1. The molecule has 0 atom stereocenters. The van der Waals surface area contributed by atoms with Crippen molar-refractivity contribution in [1.82, 2.24) is 9.97 Å². The molecule has 4 aromatic rings. The van der Waals surface area contributed by atoms with Crippen LogP contribution in [0.15, 0.2) is 73.8 Å². The summed E-state index contributed by atoms with van der Waals surface area (Å²) in [6.07, 6.45) is 12.9. The average molecular weight is 634 g/mol. The molecule has 0 unspecified atom stereocenters. The van der Waals surface area contributed by atoms with Gasteiger partial charge in [0.2, 0.25) is 0 Å². The van der Waals surface area contributed by atoms with Crippen molar-refractivity contribution >= 4 is 34.8 Å². The van der Waals surface area contributed by atoms with Crippen molar-refractivity contribution in [1.29, 1.82) is 0 Å². The second-order valence-electron chi connectivity index (χ2n) is 11.0. The molecule has 0 aliphatic rings. The van der Waals surface area contributed by atoms with E-state index in [1.54, 1.807) is 6.20 Å². The number of hydrogen-bond donors (Lipinski definition) is 0. The van der Waals surface area contributed by atoms with Crippen LogP contribution in [0.3, 0.4) is 0 Å². The predicted octanol–water partition coefficient (Wildman–Crippen LogP) is 9.57. The molecule has 4 aromatic heterocycles. The summed E-state index contributed by atoms with van der Waals surface area (Å²) in [5.41, 5.74) is 5.76. The molecule has 0 fully saturated rings. The lowest BCUT2D eigenvalue weighted by molar-refractivity contribution is -0.605. The molecule has 0 N–H and O–H groups in total. The standard InChI is InChI=1S/C9H12ClN.C8H9Cl2NO.C8H11NO.C8H11N/c1-6(2)9-7(3)4-11-5-8(9)10;1-5(2)8-6(9)3-11(12)4-7(8)10;1-7(2)8-3-5-9(10)6-4-8;1-7(2)8-3-5-9-6-4-8/h4-6H,1-3H3;3-5H,1-2H3;3-7H,1-2H3;3-7H,1-2H3. The van der Waals surface area contributed by atoms with Crippen molar-refractivity contribution in [2.75, 3.05) is 0 Å². The summed E-state index contributed by atoms with van der Waals surface area (Å²) in [4.78, 5) is 7.92. The number of pyridine rings is 4. The third-order valence-corrected chi connectivity index (χ3v) is 7.06. The van der Waals surface area contributed by atoms with Crippen LogP contribution in [0.1, 0.15) is 107 Å². The Hall–Kier alpha value is -2.93. The van der Waals surface area contributed by atoms with Gasteiger partial charge in [-0.1, -0.05) is 90.2 Å².